The van der Waals surface area contributed by atoms with Crippen LogP contribution < -0.4 is 14.4 Å². The number of fused-ring (bicyclic) bond motifs is 1. The van der Waals surface area contributed by atoms with Gasteiger partial charge in [-0.25, -0.2) is 0 Å². The van der Waals surface area contributed by atoms with Crippen molar-refractivity contribution in [2.24, 2.45) is 0 Å². The summed E-state index contributed by atoms with van der Waals surface area (Å²) in [6.07, 6.45) is 0. The Morgan fingerprint density at radius 2 is 1.58 bits per heavy atom. The molecule has 166 valence electrons. The fraction of sp³-hybridized carbons (Fsp3) is 0.120. The van der Waals surface area contributed by atoms with Gasteiger partial charge in [-0.2, -0.15) is 0 Å². The molecule has 0 radical (unpaired) electrons. The topological polar surface area (TPSA) is 96.3 Å². The van der Waals surface area contributed by atoms with Gasteiger partial charge in [0.2, 0.25) is 0 Å². The molecular formula is C25H18ClNO6. The van der Waals surface area contributed by atoms with Gasteiger partial charge in [-0.05, 0) is 60.2 Å². The molecule has 7 nitrogen and oxygen atoms in total. The zero-order valence-corrected chi connectivity index (χ0v) is 18.0. The first-order valence-electron chi connectivity index (χ1n) is 10.2. The molecule has 1 fully saturated rings. The number of aromatic hydroxyl groups is 1. The van der Waals surface area contributed by atoms with E-state index in [-0.39, 0.29) is 17.1 Å². The molecule has 1 unspecified atom stereocenters. The first-order chi connectivity index (χ1) is 15.9. The third-order valence-corrected chi connectivity index (χ3v) is 5.83. The number of anilines is 1. The first-order valence-corrected chi connectivity index (χ1v) is 10.6. The number of benzene rings is 3. The summed E-state index contributed by atoms with van der Waals surface area (Å²) in [5.74, 6) is -0.924. The molecule has 5 rings (SSSR count). The van der Waals surface area contributed by atoms with E-state index in [1.807, 2.05) is 0 Å². The average Bonchev–Trinajstić information content (AvgIpc) is 3.10. The Balaban J connectivity index is 1.68. The summed E-state index contributed by atoms with van der Waals surface area (Å²) in [5, 5.41) is 21.4. The van der Waals surface area contributed by atoms with E-state index in [1.54, 1.807) is 54.6 Å². The lowest BCUT2D eigenvalue weighted by atomic mass is 9.95. The van der Waals surface area contributed by atoms with Crippen LogP contribution in [0.4, 0.5) is 5.69 Å². The first kappa shape index (κ1) is 20.9. The highest BCUT2D eigenvalue weighted by molar-refractivity contribution is 6.51. The highest BCUT2D eigenvalue weighted by Crippen LogP contribution is 2.43. The Morgan fingerprint density at radius 1 is 0.909 bits per heavy atom. The quantitative estimate of drug-likeness (QED) is 0.338. The Bertz CT molecular complexity index is 1280. The van der Waals surface area contributed by atoms with E-state index < -0.39 is 17.7 Å². The molecule has 33 heavy (non-hydrogen) atoms. The van der Waals surface area contributed by atoms with E-state index in [2.05, 4.69) is 0 Å². The number of phenolic OH excluding ortho intramolecular Hbond substituents is 1. The Hall–Kier alpha value is -3.97. The van der Waals surface area contributed by atoms with Crippen molar-refractivity contribution < 1.29 is 29.3 Å². The van der Waals surface area contributed by atoms with Gasteiger partial charge >= 0.3 is 0 Å². The number of nitrogens with zero attached hydrogens (tertiary/aromatic N) is 1. The van der Waals surface area contributed by atoms with Crippen molar-refractivity contribution >= 4 is 34.7 Å². The van der Waals surface area contributed by atoms with Crippen LogP contribution in [0.2, 0.25) is 5.02 Å². The van der Waals surface area contributed by atoms with Crippen molar-refractivity contribution in [3.8, 4) is 17.2 Å². The molecule has 1 saturated heterocycles. The number of rotatable bonds is 3. The van der Waals surface area contributed by atoms with Gasteiger partial charge < -0.3 is 19.7 Å². The summed E-state index contributed by atoms with van der Waals surface area (Å²) in [7, 11) is 0. The lowest BCUT2D eigenvalue weighted by molar-refractivity contribution is -0.132. The van der Waals surface area contributed by atoms with E-state index in [4.69, 9.17) is 21.1 Å². The third kappa shape index (κ3) is 3.66. The number of hydrogen-bond donors (Lipinski definition) is 2. The lowest BCUT2D eigenvalue weighted by Crippen LogP contribution is -2.29. The smallest absolute Gasteiger partial charge is 0.300 e. The van der Waals surface area contributed by atoms with Crippen LogP contribution in [0.25, 0.3) is 5.76 Å². The zero-order valence-electron chi connectivity index (χ0n) is 17.2. The number of carbonyl (C=O) groups excluding carboxylic acids is 2. The van der Waals surface area contributed by atoms with Gasteiger partial charge in [0.1, 0.15) is 24.7 Å². The normalized spacial score (nSPS) is 19.1. The Kier molecular flexibility index (Phi) is 5.18. The van der Waals surface area contributed by atoms with Crippen molar-refractivity contribution in [1.29, 1.82) is 0 Å². The van der Waals surface area contributed by atoms with Gasteiger partial charge in [0, 0.05) is 16.3 Å². The summed E-state index contributed by atoms with van der Waals surface area (Å²) in [4.78, 5) is 27.6. The summed E-state index contributed by atoms with van der Waals surface area (Å²) < 4.78 is 11.1. The molecule has 1 atom stereocenters. The Morgan fingerprint density at radius 3 is 2.27 bits per heavy atom. The molecule has 1 amide bonds. The SMILES string of the molecule is O=C1C(=O)N(c2ccc(Cl)cc2)C(c2ccc(O)cc2)/C1=C(/O)c1ccc2c(c1)OCCO2. The second-order valence-electron chi connectivity index (χ2n) is 7.60. The molecule has 2 heterocycles. The van der Waals surface area contributed by atoms with Gasteiger partial charge in [-0.1, -0.05) is 23.7 Å². The maximum absolute atomic E-state index is 13.2. The van der Waals surface area contributed by atoms with Gasteiger partial charge in [0.15, 0.2) is 11.5 Å². The molecule has 2 aliphatic heterocycles. The van der Waals surface area contributed by atoms with Gasteiger partial charge in [-0.15, -0.1) is 0 Å². The number of amides is 1. The number of ketones is 1. The van der Waals surface area contributed by atoms with Crippen LogP contribution >= 0.6 is 11.6 Å². The molecule has 8 heteroatoms. The fourth-order valence-corrected chi connectivity index (χ4v) is 4.14. The van der Waals surface area contributed by atoms with E-state index in [0.29, 0.717) is 46.5 Å². The largest absolute Gasteiger partial charge is 0.508 e. The minimum absolute atomic E-state index is 0.0361. The number of phenols is 1. The Labute approximate surface area is 194 Å². The van der Waals surface area contributed by atoms with Crippen LogP contribution in [0.3, 0.4) is 0 Å². The fourth-order valence-electron chi connectivity index (χ4n) is 4.02. The molecule has 3 aromatic carbocycles. The summed E-state index contributed by atoms with van der Waals surface area (Å²) in [6.45, 7) is 0.789. The molecule has 0 saturated carbocycles. The summed E-state index contributed by atoms with van der Waals surface area (Å²) in [5.41, 5.74) is 1.23. The molecule has 2 aliphatic rings. The van der Waals surface area contributed by atoms with E-state index in [0.717, 1.165) is 0 Å². The number of ether oxygens (including phenoxy) is 2. The number of aliphatic hydroxyl groups is 1. The predicted molar refractivity (Wildman–Crippen MR) is 122 cm³/mol. The average molecular weight is 464 g/mol. The molecular weight excluding hydrogens is 446 g/mol. The van der Waals surface area contributed by atoms with Crippen LogP contribution in [0.1, 0.15) is 17.2 Å². The van der Waals surface area contributed by atoms with Crippen LogP contribution in [0.5, 0.6) is 17.2 Å². The predicted octanol–water partition coefficient (Wildman–Crippen LogP) is 4.44. The van der Waals surface area contributed by atoms with Crippen molar-refractivity contribution in [2.45, 2.75) is 6.04 Å². The van der Waals surface area contributed by atoms with E-state index in [1.165, 1.54) is 17.0 Å². The molecule has 0 aliphatic carbocycles. The molecule has 0 aromatic heterocycles. The summed E-state index contributed by atoms with van der Waals surface area (Å²) >= 11 is 6.00. The molecule has 0 spiro atoms. The van der Waals surface area contributed by atoms with E-state index >= 15 is 0 Å². The number of aliphatic hydroxyl groups excluding tert-OH is 1. The standard InChI is InChI=1S/C25H18ClNO6/c26-16-4-6-17(7-5-16)27-22(14-1-8-18(28)9-2-14)21(24(30)25(27)31)23(29)15-3-10-19-20(13-15)33-12-11-32-19/h1-10,13,22,28-29H,11-12H2/b23-21-. The van der Waals surface area contributed by atoms with Crippen LogP contribution in [0, 0.1) is 0 Å². The highest BCUT2D eigenvalue weighted by atomic mass is 35.5. The minimum Gasteiger partial charge on any atom is -0.508 e. The summed E-state index contributed by atoms with van der Waals surface area (Å²) in [6, 6.07) is 16.5. The molecule has 3 aromatic rings. The lowest BCUT2D eigenvalue weighted by Gasteiger charge is -2.25. The van der Waals surface area contributed by atoms with E-state index in [9.17, 15) is 19.8 Å². The van der Waals surface area contributed by atoms with Crippen molar-refractivity contribution in [1.82, 2.24) is 0 Å². The molecule has 2 N–H and O–H groups in total. The molecule has 0 bridgehead atoms. The van der Waals surface area contributed by atoms with Crippen LogP contribution in [-0.4, -0.2) is 35.1 Å². The second kappa shape index (κ2) is 8.18. The number of halogens is 1. The highest BCUT2D eigenvalue weighted by Gasteiger charge is 2.47. The van der Waals surface area contributed by atoms with Crippen molar-refractivity contribution in [2.75, 3.05) is 18.1 Å². The minimum atomic E-state index is -0.917. The van der Waals surface area contributed by atoms with Crippen LogP contribution in [0.15, 0.2) is 72.3 Å². The second-order valence-corrected chi connectivity index (χ2v) is 8.03. The zero-order chi connectivity index (χ0) is 23.1. The van der Waals surface area contributed by atoms with Crippen LogP contribution in [-0.2, 0) is 9.59 Å². The van der Waals surface area contributed by atoms with Gasteiger partial charge in [0.05, 0.1) is 11.6 Å². The van der Waals surface area contributed by atoms with Gasteiger partial charge in [0.25, 0.3) is 11.7 Å². The monoisotopic (exact) mass is 463 g/mol. The maximum atomic E-state index is 13.2. The third-order valence-electron chi connectivity index (χ3n) is 5.57. The van der Waals surface area contributed by atoms with Crippen molar-refractivity contribution in [3.63, 3.8) is 0 Å². The van der Waals surface area contributed by atoms with Gasteiger partial charge in [-0.3, -0.25) is 14.5 Å². The number of hydrogen-bond acceptors (Lipinski definition) is 6. The maximum Gasteiger partial charge on any atom is 0.300 e. The number of Topliss-reactive ketones (excluding diaryl/α,β-unsaturated/α-hetero) is 1. The number of carbonyl (C=O) groups is 2. The van der Waals surface area contributed by atoms with Crippen molar-refractivity contribution in [3.05, 3.63) is 88.5 Å².